The molecule has 2 heterocycles. The van der Waals surface area contributed by atoms with E-state index in [-0.39, 0.29) is 24.0 Å². The van der Waals surface area contributed by atoms with Gasteiger partial charge in [-0.1, -0.05) is 18.2 Å². The number of aliphatic hydroxyl groups is 1. The van der Waals surface area contributed by atoms with Crippen molar-refractivity contribution in [2.75, 3.05) is 12.4 Å². The molecule has 1 aliphatic carbocycles. The van der Waals surface area contributed by atoms with Crippen molar-refractivity contribution in [3.8, 4) is 17.2 Å². The van der Waals surface area contributed by atoms with Gasteiger partial charge in [0.2, 0.25) is 0 Å². The van der Waals surface area contributed by atoms with Crippen LogP contribution in [-0.2, 0) is 11.2 Å². The Balaban J connectivity index is 1.71. The monoisotopic (exact) mass is 554 g/mol. The van der Waals surface area contributed by atoms with E-state index < -0.39 is 35.6 Å². The molecular weight excluding hydrogens is 522 g/mol. The number of carboxylic acid groups (broad SMARTS) is 1. The number of alkyl halides is 2. The average Bonchev–Trinajstić information content (AvgIpc) is 3.34. The largest absolute Gasteiger partial charge is 0.586 e. The molecule has 0 saturated heterocycles. The summed E-state index contributed by atoms with van der Waals surface area (Å²) in [5, 5.41) is 24.7. The molecule has 3 aromatic rings. The van der Waals surface area contributed by atoms with Gasteiger partial charge in [-0.2, -0.15) is 0 Å². The van der Waals surface area contributed by atoms with Crippen molar-refractivity contribution >= 4 is 11.8 Å². The number of anilines is 1. The fraction of sp³-hybridized carbons (Fsp3) is 0.400. The van der Waals surface area contributed by atoms with E-state index in [4.69, 9.17) is 9.72 Å². The SMILES string of the molecule is COc1ccc([C@@H]2c3nc(NC(C)C)ccc3[C@H](c3ccc4c(c3)OC(F)(F)O4)[C@H]2C(=O)O)c(CC(C)(C)O)c1. The Hall–Kier alpha value is -3.92. The second-order valence-electron chi connectivity index (χ2n) is 11.2. The van der Waals surface area contributed by atoms with Gasteiger partial charge in [0.15, 0.2) is 11.5 Å². The van der Waals surface area contributed by atoms with E-state index in [1.165, 1.54) is 12.1 Å². The van der Waals surface area contributed by atoms with Gasteiger partial charge < -0.3 is 29.7 Å². The number of halogens is 2. The number of methoxy groups -OCH3 is 1. The van der Waals surface area contributed by atoms with Crippen LogP contribution in [0.25, 0.3) is 0 Å². The van der Waals surface area contributed by atoms with Crippen molar-refractivity contribution in [3.05, 3.63) is 76.5 Å². The summed E-state index contributed by atoms with van der Waals surface area (Å²) in [4.78, 5) is 18.0. The zero-order valence-electron chi connectivity index (χ0n) is 22.9. The first-order valence-corrected chi connectivity index (χ1v) is 13.1. The van der Waals surface area contributed by atoms with Crippen LogP contribution in [0, 0.1) is 5.92 Å². The molecule has 10 heteroatoms. The van der Waals surface area contributed by atoms with E-state index in [0.29, 0.717) is 34.0 Å². The maximum atomic E-state index is 13.8. The van der Waals surface area contributed by atoms with E-state index in [1.807, 2.05) is 26.0 Å². The van der Waals surface area contributed by atoms with Gasteiger partial charge in [0.05, 0.1) is 24.3 Å². The highest BCUT2D eigenvalue weighted by Crippen LogP contribution is 2.54. The van der Waals surface area contributed by atoms with Gasteiger partial charge in [-0.15, -0.1) is 8.78 Å². The number of ether oxygens (including phenoxy) is 3. The van der Waals surface area contributed by atoms with Gasteiger partial charge in [-0.3, -0.25) is 4.79 Å². The van der Waals surface area contributed by atoms with Crippen molar-refractivity contribution in [3.63, 3.8) is 0 Å². The molecule has 0 fully saturated rings. The van der Waals surface area contributed by atoms with Crippen molar-refractivity contribution in [2.24, 2.45) is 5.92 Å². The minimum atomic E-state index is -3.79. The van der Waals surface area contributed by atoms with Crippen LogP contribution in [0.2, 0.25) is 0 Å². The van der Waals surface area contributed by atoms with Crippen LogP contribution in [0.1, 0.15) is 67.5 Å². The Morgan fingerprint density at radius 3 is 2.42 bits per heavy atom. The Bertz CT molecular complexity index is 1450. The summed E-state index contributed by atoms with van der Waals surface area (Å²) in [6, 6.07) is 13.5. The van der Waals surface area contributed by atoms with E-state index in [0.717, 1.165) is 5.56 Å². The second kappa shape index (κ2) is 9.92. The van der Waals surface area contributed by atoms with Crippen molar-refractivity contribution in [1.82, 2.24) is 4.98 Å². The fourth-order valence-electron chi connectivity index (χ4n) is 5.73. The molecule has 1 aliphatic heterocycles. The van der Waals surface area contributed by atoms with Crippen molar-refractivity contribution in [2.45, 2.75) is 63.9 Å². The zero-order valence-corrected chi connectivity index (χ0v) is 22.9. The molecule has 0 saturated carbocycles. The third-order valence-corrected chi connectivity index (χ3v) is 7.12. The lowest BCUT2D eigenvalue weighted by Crippen LogP contribution is -2.27. The topological polar surface area (TPSA) is 110 Å². The van der Waals surface area contributed by atoms with Crippen LogP contribution in [0.3, 0.4) is 0 Å². The molecule has 2 aromatic carbocycles. The molecule has 8 nitrogen and oxygen atoms in total. The molecule has 1 aromatic heterocycles. The number of carboxylic acids is 1. The standard InChI is InChI=1S/C30H32F2N2O6/c1-15(2)33-23-11-9-20-24(16-6-10-21-22(13-16)40-30(31,32)39-21)26(28(35)36)25(27(20)34-23)19-8-7-18(38-5)12-17(19)14-29(3,4)37/h6-13,15,24-26,37H,14H2,1-5H3,(H,33,34)(H,35,36)/t24-,25-,26+/m0/s1. The minimum Gasteiger partial charge on any atom is -0.497 e. The summed E-state index contributed by atoms with van der Waals surface area (Å²) in [5.41, 5.74) is 2.05. The average molecular weight is 555 g/mol. The summed E-state index contributed by atoms with van der Waals surface area (Å²) in [5.74, 6) is -2.65. The lowest BCUT2D eigenvalue weighted by Gasteiger charge is -2.26. The van der Waals surface area contributed by atoms with Gasteiger partial charge in [-0.25, -0.2) is 4.98 Å². The molecule has 3 atom stereocenters. The number of aromatic nitrogens is 1. The van der Waals surface area contributed by atoms with E-state index in [9.17, 15) is 23.8 Å². The number of carbonyl (C=O) groups is 1. The Labute approximate surface area is 230 Å². The fourth-order valence-corrected chi connectivity index (χ4v) is 5.73. The lowest BCUT2D eigenvalue weighted by atomic mass is 9.77. The van der Waals surface area contributed by atoms with Gasteiger partial charge in [-0.05, 0) is 80.3 Å². The maximum Gasteiger partial charge on any atom is 0.586 e. The number of fused-ring (bicyclic) bond motifs is 2. The van der Waals surface area contributed by atoms with Crippen LogP contribution in [-0.4, -0.2) is 46.2 Å². The predicted octanol–water partition coefficient (Wildman–Crippen LogP) is 5.52. The first-order chi connectivity index (χ1) is 18.8. The Morgan fingerprint density at radius 1 is 1.07 bits per heavy atom. The molecule has 3 N–H and O–H groups in total. The molecule has 0 unspecified atom stereocenters. The normalized spacial score (nSPS) is 20.9. The zero-order chi connectivity index (χ0) is 29.0. The summed E-state index contributed by atoms with van der Waals surface area (Å²) >= 11 is 0. The van der Waals surface area contributed by atoms with Crippen LogP contribution in [0.15, 0.2) is 48.5 Å². The molecular formula is C30H32F2N2O6. The number of pyridine rings is 1. The number of aliphatic carboxylic acids is 1. The van der Waals surface area contributed by atoms with Crippen LogP contribution in [0.4, 0.5) is 14.6 Å². The van der Waals surface area contributed by atoms with Crippen LogP contribution >= 0.6 is 0 Å². The third-order valence-electron chi connectivity index (χ3n) is 7.12. The molecule has 2 aliphatic rings. The number of hydrogen-bond donors (Lipinski definition) is 3. The molecule has 40 heavy (non-hydrogen) atoms. The van der Waals surface area contributed by atoms with E-state index in [1.54, 1.807) is 45.2 Å². The number of benzene rings is 2. The smallest absolute Gasteiger partial charge is 0.497 e. The molecule has 0 amide bonds. The van der Waals surface area contributed by atoms with Gasteiger partial charge >= 0.3 is 12.3 Å². The molecule has 0 bridgehead atoms. The predicted molar refractivity (Wildman–Crippen MR) is 143 cm³/mol. The van der Waals surface area contributed by atoms with Crippen molar-refractivity contribution in [1.29, 1.82) is 0 Å². The highest BCUT2D eigenvalue weighted by atomic mass is 19.3. The minimum absolute atomic E-state index is 0.0822. The molecule has 0 spiro atoms. The number of hydrogen-bond acceptors (Lipinski definition) is 7. The lowest BCUT2D eigenvalue weighted by molar-refractivity contribution is -0.286. The number of nitrogens with one attached hydrogen (secondary N) is 1. The first-order valence-electron chi connectivity index (χ1n) is 13.1. The Kier molecular flexibility index (Phi) is 6.86. The van der Waals surface area contributed by atoms with E-state index >= 15 is 0 Å². The number of nitrogens with zero attached hydrogens (tertiary/aromatic N) is 1. The van der Waals surface area contributed by atoms with Gasteiger partial charge in [0.1, 0.15) is 11.6 Å². The third kappa shape index (κ3) is 5.28. The van der Waals surface area contributed by atoms with Gasteiger partial charge in [0.25, 0.3) is 0 Å². The van der Waals surface area contributed by atoms with Crippen LogP contribution in [0.5, 0.6) is 17.2 Å². The summed E-state index contributed by atoms with van der Waals surface area (Å²) in [6.45, 7) is 7.31. The summed E-state index contributed by atoms with van der Waals surface area (Å²) < 4.78 is 42.2. The maximum absolute atomic E-state index is 13.8. The Morgan fingerprint density at radius 2 is 1.77 bits per heavy atom. The summed E-state index contributed by atoms with van der Waals surface area (Å²) in [6.07, 6.45) is -3.55. The summed E-state index contributed by atoms with van der Waals surface area (Å²) in [7, 11) is 1.54. The first kappa shape index (κ1) is 27.6. The quantitative estimate of drug-likeness (QED) is 0.334. The molecule has 5 rings (SSSR count). The van der Waals surface area contributed by atoms with Crippen molar-refractivity contribution < 1.29 is 38.0 Å². The van der Waals surface area contributed by atoms with Gasteiger partial charge in [0, 0.05) is 24.3 Å². The van der Waals surface area contributed by atoms with E-state index in [2.05, 4.69) is 14.8 Å². The highest BCUT2D eigenvalue weighted by molar-refractivity contribution is 5.78. The van der Waals surface area contributed by atoms with Crippen LogP contribution < -0.4 is 19.5 Å². The highest BCUT2D eigenvalue weighted by Gasteiger charge is 2.50. The number of rotatable bonds is 8. The molecule has 0 radical (unpaired) electrons. The molecule has 212 valence electrons. The second-order valence-corrected chi connectivity index (χ2v) is 11.2.